The van der Waals surface area contributed by atoms with Crippen LogP contribution in [-0.2, 0) is 14.3 Å². The highest BCUT2D eigenvalue weighted by Gasteiger charge is 2.12. The van der Waals surface area contributed by atoms with E-state index in [1.807, 2.05) is 0 Å². The first-order valence-electron chi connectivity index (χ1n) is 4.34. The molecule has 0 unspecified atom stereocenters. The molecule has 0 saturated carbocycles. The van der Waals surface area contributed by atoms with Gasteiger partial charge in [0.25, 0.3) is 0 Å². The number of ether oxygens (including phenoxy) is 1. The summed E-state index contributed by atoms with van der Waals surface area (Å²) in [7, 11) is 0. The van der Waals surface area contributed by atoms with Gasteiger partial charge in [-0.2, -0.15) is 8.78 Å². The normalized spacial score (nSPS) is 9.60. The molecule has 86 valence electrons. The van der Waals surface area contributed by atoms with Crippen LogP contribution in [0.2, 0.25) is 0 Å². The molecule has 0 fully saturated rings. The first-order valence-corrected chi connectivity index (χ1v) is 4.34. The highest BCUT2D eigenvalue weighted by molar-refractivity contribution is 5.95. The highest BCUT2D eigenvalue weighted by Crippen LogP contribution is 2.15. The fourth-order valence-corrected chi connectivity index (χ4v) is 0.805. The summed E-state index contributed by atoms with van der Waals surface area (Å²) in [6.45, 7) is 1.71. The summed E-state index contributed by atoms with van der Waals surface area (Å²) >= 11 is 0. The van der Waals surface area contributed by atoms with E-state index >= 15 is 0 Å². The van der Waals surface area contributed by atoms with Gasteiger partial charge in [0.1, 0.15) is 12.2 Å². The van der Waals surface area contributed by atoms with Crippen molar-refractivity contribution >= 4 is 11.8 Å². The van der Waals surface area contributed by atoms with Crippen LogP contribution < -0.4 is 0 Å². The Labute approximate surface area is 84.9 Å². The molecule has 0 saturated heterocycles. The van der Waals surface area contributed by atoms with Gasteiger partial charge in [-0.3, -0.25) is 9.59 Å². The highest BCUT2D eigenvalue weighted by atomic mass is 19.3. The lowest BCUT2D eigenvalue weighted by atomic mass is 10.1. The number of carbonyl (C=O) groups is 2. The molecular weight excluding hydrogens is 213 g/mol. The average molecular weight is 224 g/mol. The lowest BCUT2D eigenvalue weighted by Gasteiger charge is -2.00. The number of hydrogen-bond acceptors (Lipinski definition) is 3. The van der Waals surface area contributed by atoms with Crippen molar-refractivity contribution in [3.63, 3.8) is 0 Å². The van der Waals surface area contributed by atoms with Crippen molar-refractivity contribution in [2.45, 2.75) is 26.2 Å². The minimum Gasteiger partial charge on any atom is -0.466 e. The SMILES string of the molecule is CCOC(=O)CC(=O)CCC(F)=C(F)F. The lowest BCUT2D eigenvalue weighted by molar-refractivity contribution is -0.145. The molecule has 0 heterocycles. The van der Waals surface area contributed by atoms with Crippen LogP contribution in [0.5, 0.6) is 0 Å². The van der Waals surface area contributed by atoms with Crippen molar-refractivity contribution in [1.29, 1.82) is 0 Å². The van der Waals surface area contributed by atoms with E-state index in [1.54, 1.807) is 6.92 Å². The summed E-state index contributed by atoms with van der Waals surface area (Å²) in [5.74, 6) is -2.97. The average Bonchev–Trinajstić information content (AvgIpc) is 2.14. The Bertz CT molecular complexity index is 270. The summed E-state index contributed by atoms with van der Waals surface area (Å²) in [4.78, 5) is 21.7. The molecule has 0 bridgehead atoms. The van der Waals surface area contributed by atoms with E-state index < -0.39 is 42.9 Å². The minimum atomic E-state index is -2.43. The Morgan fingerprint density at radius 3 is 2.20 bits per heavy atom. The molecule has 0 aromatic carbocycles. The second-order valence-corrected chi connectivity index (χ2v) is 2.69. The van der Waals surface area contributed by atoms with Gasteiger partial charge in [0.05, 0.1) is 6.61 Å². The van der Waals surface area contributed by atoms with Crippen molar-refractivity contribution in [1.82, 2.24) is 0 Å². The van der Waals surface area contributed by atoms with Gasteiger partial charge in [-0.1, -0.05) is 0 Å². The molecule has 15 heavy (non-hydrogen) atoms. The largest absolute Gasteiger partial charge is 0.466 e. The molecule has 0 radical (unpaired) electrons. The van der Waals surface area contributed by atoms with Gasteiger partial charge in [0.15, 0.2) is 5.83 Å². The Kier molecular flexibility index (Phi) is 6.40. The maximum atomic E-state index is 12.2. The van der Waals surface area contributed by atoms with E-state index in [0.29, 0.717) is 0 Å². The van der Waals surface area contributed by atoms with Crippen molar-refractivity contribution < 1.29 is 27.5 Å². The first kappa shape index (κ1) is 13.7. The van der Waals surface area contributed by atoms with Crippen molar-refractivity contribution in [2.24, 2.45) is 0 Å². The van der Waals surface area contributed by atoms with Gasteiger partial charge >= 0.3 is 12.0 Å². The fourth-order valence-electron chi connectivity index (χ4n) is 0.805. The summed E-state index contributed by atoms with van der Waals surface area (Å²) in [5.41, 5.74) is 0. The standard InChI is InChI=1S/C9H11F3O3/c1-2-15-8(14)5-6(13)3-4-7(10)9(11)12/h2-5H2,1H3. The summed E-state index contributed by atoms with van der Waals surface area (Å²) < 4.78 is 39.8. The molecule has 0 aliphatic heterocycles. The number of rotatable bonds is 6. The quantitative estimate of drug-likeness (QED) is 0.513. The summed E-state index contributed by atoms with van der Waals surface area (Å²) in [5, 5.41) is 0. The van der Waals surface area contributed by atoms with E-state index in [-0.39, 0.29) is 6.61 Å². The molecule has 0 N–H and O–H groups in total. The van der Waals surface area contributed by atoms with Crippen LogP contribution in [0.4, 0.5) is 13.2 Å². The first-order chi connectivity index (χ1) is 6.97. The van der Waals surface area contributed by atoms with E-state index in [9.17, 15) is 22.8 Å². The monoisotopic (exact) mass is 224 g/mol. The third-order valence-electron chi connectivity index (χ3n) is 1.48. The van der Waals surface area contributed by atoms with Crippen LogP contribution in [0, 0.1) is 0 Å². The number of ketones is 1. The van der Waals surface area contributed by atoms with E-state index in [2.05, 4.69) is 4.74 Å². The molecule has 0 aromatic rings. The van der Waals surface area contributed by atoms with Gasteiger partial charge < -0.3 is 4.74 Å². The zero-order valence-electron chi connectivity index (χ0n) is 8.19. The van der Waals surface area contributed by atoms with Crippen LogP contribution in [0.1, 0.15) is 26.2 Å². The Morgan fingerprint density at radius 2 is 1.73 bits per heavy atom. The number of allylic oxidation sites excluding steroid dienone is 1. The van der Waals surface area contributed by atoms with Gasteiger partial charge in [0, 0.05) is 12.8 Å². The van der Waals surface area contributed by atoms with Crippen LogP contribution in [0.15, 0.2) is 11.9 Å². The summed E-state index contributed by atoms with van der Waals surface area (Å²) in [6.07, 6.45) is -4.05. The zero-order valence-corrected chi connectivity index (χ0v) is 8.19. The smallest absolute Gasteiger partial charge is 0.313 e. The molecule has 0 amide bonds. The van der Waals surface area contributed by atoms with Crippen molar-refractivity contribution in [3.8, 4) is 0 Å². The zero-order chi connectivity index (χ0) is 11.8. The van der Waals surface area contributed by atoms with Crippen LogP contribution in [-0.4, -0.2) is 18.4 Å². The van der Waals surface area contributed by atoms with Crippen molar-refractivity contribution in [2.75, 3.05) is 6.61 Å². The van der Waals surface area contributed by atoms with Gasteiger partial charge in [0.2, 0.25) is 0 Å². The topological polar surface area (TPSA) is 43.4 Å². The molecule has 0 aliphatic carbocycles. The Balaban J connectivity index is 3.86. The molecule has 3 nitrogen and oxygen atoms in total. The number of hydrogen-bond donors (Lipinski definition) is 0. The van der Waals surface area contributed by atoms with E-state index in [4.69, 9.17) is 0 Å². The number of halogens is 3. The number of esters is 1. The molecular formula is C9H11F3O3. The summed E-state index contributed by atoms with van der Waals surface area (Å²) in [6, 6.07) is 0. The van der Waals surface area contributed by atoms with Gasteiger partial charge in [-0.05, 0) is 6.92 Å². The van der Waals surface area contributed by atoms with E-state index in [1.165, 1.54) is 0 Å². The van der Waals surface area contributed by atoms with Crippen molar-refractivity contribution in [3.05, 3.63) is 11.9 Å². The molecule has 0 aromatic heterocycles. The Morgan fingerprint density at radius 1 is 1.13 bits per heavy atom. The minimum absolute atomic E-state index is 0.138. The molecule has 0 spiro atoms. The molecule has 0 aliphatic rings. The molecule has 6 heteroatoms. The Hall–Kier alpha value is -1.33. The van der Waals surface area contributed by atoms with Gasteiger partial charge in [-0.25, -0.2) is 4.39 Å². The second kappa shape index (κ2) is 7.03. The predicted molar refractivity (Wildman–Crippen MR) is 45.8 cm³/mol. The predicted octanol–water partition coefficient (Wildman–Crippen LogP) is 2.37. The third kappa shape index (κ3) is 6.70. The van der Waals surface area contributed by atoms with Crippen LogP contribution >= 0.6 is 0 Å². The van der Waals surface area contributed by atoms with Crippen LogP contribution in [0.3, 0.4) is 0 Å². The maximum absolute atomic E-state index is 12.2. The maximum Gasteiger partial charge on any atom is 0.313 e. The third-order valence-corrected chi connectivity index (χ3v) is 1.48. The fraction of sp³-hybridized carbons (Fsp3) is 0.556. The lowest BCUT2D eigenvalue weighted by Crippen LogP contribution is -2.10. The number of Topliss-reactive ketones (excluding diaryl/α,β-unsaturated/α-hetero) is 1. The molecule has 0 atom stereocenters. The van der Waals surface area contributed by atoms with E-state index in [0.717, 1.165) is 0 Å². The van der Waals surface area contributed by atoms with Gasteiger partial charge in [-0.15, -0.1) is 0 Å². The van der Waals surface area contributed by atoms with Crippen LogP contribution in [0.25, 0.3) is 0 Å². The number of carbonyl (C=O) groups excluding carboxylic acids is 2. The molecule has 0 rings (SSSR count). The second-order valence-electron chi connectivity index (χ2n) is 2.69.